The molecule has 10 heteroatoms. The van der Waals surface area contributed by atoms with Crippen molar-refractivity contribution in [3.05, 3.63) is 52.3 Å². The second kappa shape index (κ2) is 9.32. The van der Waals surface area contributed by atoms with E-state index in [2.05, 4.69) is 50.1 Å². The number of nitrogens with one attached hydrogen (secondary N) is 1. The van der Waals surface area contributed by atoms with Gasteiger partial charge in [0.2, 0.25) is 11.9 Å². The fraction of sp³-hybridized carbons (Fsp3) is 0.522. The van der Waals surface area contributed by atoms with Crippen LogP contribution in [0.2, 0.25) is 5.02 Å². The van der Waals surface area contributed by atoms with Crippen molar-refractivity contribution >= 4 is 23.5 Å². The molecule has 2 atom stereocenters. The number of hydrogen-bond acceptors (Lipinski definition) is 7. The number of ether oxygens (including phenoxy) is 1. The molecule has 1 aromatic carbocycles. The molecule has 0 spiro atoms. The first-order chi connectivity index (χ1) is 16.0. The number of halogens is 1. The highest BCUT2D eigenvalue weighted by molar-refractivity contribution is 6.30. The number of morpholine rings is 1. The molecule has 5 rings (SSSR count). The van der Waals surface area contributed by atoms with Gasteiger partial charge < -0.3 is 15.4 Å². The van der Waals surface area contributed by atoms with Gasteiger partial charge >= 0.3 is 0 Å². The number of nitrogen functional groups attached to an aromatic ring is 1. The van der Waals surface area contributed by atoms with Crippen molar-refractivity contribution in [2.75, 3.05) is 36.9 Å². The summed E-state index contributed by atoms with van der Waals surface area (Å²) in [5, 5.41) is 12.4. The van der Waals surface area contributed by atoms with Gasteiger partial charge in [-0.1, -0.05) is 23.7 Å². The van der Waals surface area contributed by atoms with Gasteiger partial charge in [0.1, 0.15) is 6.10 Å². The standard InChI is InChI=1S/C23H31ClN8O/c1-15-11-20(29-30(15)2)21-13-32(19(14-33-21)12-16-3-5-17(24)6-4-16)18-7-9-31(10-8-18)23-26-22(25)27-28-23/h3-6,11,18-19,21H,7-10,12-14H2,1-2H3,(H3,25,26,27,28)/t19-,21+/m0/s1. The lowest BCUT2D eigenvalue weighted by Gasteiger charge is -2.46. The lowest BCUT2D eigenvalue weighted by Crippen LogP contribution is -2.55. The second-order valence-electron chi connectivity index (χ2n) is 9.08. The molecule has 0 unspecified atom stereocenters. The van der Waals surface area contributed by atoms with Gasteiger partial charge in [0.15, 0.2) is 0 Å². The van der Waals surface area contributed by atoms with Crippen LogP contribution in [0.3, 0.4) is 0 Å². The minimum Gasteiger partial charge on any atom is -0.369 e. The zero-order chi connectivity index (χ0) is 22.9. The van der Waals surface area contributed by atoms with Crippen LogP contribution in [0.4, 0.5) is 11.9 Å². The van der Waals surface area contributed by atoms with Gasteiger partial charge in [-0.2, -0.15) is 10.1 Å². The van der Waals surface area contributed by atoms with E-state index in [0.717, 1.165) is 55.3 Å². The summed E-state index contributed by atoms with van der Waals surface area (Å²) in [6.45, 7) is 5.40. The number of anilines is 2. The third-order valence-electron chi connectivity index (χ3n) is 6.89. The van der Waals surface area contributed by atoms with Crippen LogP contribution >= 0.6 is 11.6 Å². The topological polar surface area (TPSA) is 101 Å². The van der Waals surface area contributed by atoms with Gasteiger partial charge in [0.05, 0.1) is 12.3 Å². The van der Waals surface area contributed by atoms with Crippen LogP contribution < -0.4 is 10.6 Å². The van der Waals surface area contributed by atoms with Crippen molar-refractivity contribution < 1.29 is 4.74 Å². The molecule has 2 aliphatic heterocycles. The number of aromatic nitrogens is 5. The Morgan fingerprint density at radius 3 is 2.61 bits per heavy atom. The first kappa shape index (κ1) is 22.2. The minimum absolute atomic E-state index is 0.0165. The number of nitrogens with zero attached hydrogens (tertiary/aromatic N) is 6. The van der Waals surface area contributed by atoms with Gasteiger partial charge in [-0.3, -0.25) is 9.58 Å². The molecule has 33 heavy (non-hydrogen) atoms. The van der Waals surface area contributed by atoms with Crippen LogP contribution in [-0.4, -0.2) is 68.2 Å². The molecule has 0 saturated carbocycles. The molecule has 2 saturated heterocycles. The zero-order valence-electron chi connectivity index (χ0n) is 19.1. The lowest BCUT2D eigenvalue weighted by atomic mass is 9.96. The lowest BCUT2D eigenvalue weighted by molar-refractivity contribution is -0.0856. The quantitative estimate of drug-likeness (QED) is 0.591. The summed E-state index contributed by atoms with van der Waals surface area (Å²) in [4.78, 5) is 9.15. The fourth-order valence-corrected chi connectivity index (χ4v) is 5.09. The Morgan fingerprint density at radius 2 is 1.97 bits per heavy atom. The largest absolute Gasteiger partial charge is 0.369 e. The van der Waals surface area contributed by atoms with Crippen LogP contribution in [0.1, 0.15) is 35.9 Å². The van der Waals surface area contributed by atoms with Crippen LogP contribution in [0.15, 0.2) is 30.3 Å². The number of hydrogen-bond donors (Lipinski definition) is 2. The molecule has 0 aliphatic carbocycles. The maximum absolute atomic E-state index is 6.36. The Kier molecular flexibility index (Phi) is 6.27. The van der Waals surface area contributed by atoms with E-state index in [1.54, 1.807) is 0 Å². The van der Waals surface area contributed by atoms with Crippen molar-refractivity contribution in [3.8, 4) is 0 Å². The highest BCUT2D eigenvalue weighted by Crippen LogP contribution is 2.31. The van der Waals surface area contributed by atoms with Gasteiger partial charge in [-0.25, -0.2) is 5.10 Å². The molecule has 3 N–H and O–H groups in total. The Balaban J connectivity index is 1.32. The highest BCUT2D eigenvalue weighted by Gasteiger charge is 2.37. The first-order valence-electron chi connectivity index (χ1n) is 11.5. The number of benzene rings is 1. The summed E-state index contributed by atoms with van der Waals surface area (Å²) >= 11 is 6.10. The maximum atomic E-state index is 6.36. The van der Waals surface area contributed by atoms with Crippen molar-refractivity contribution in [1.82, 2.24) is 29.9 Å². The van der Waals surface area contributed by atoms with Crippen LogP contribution in [0.5, 0.6) is 0 Å². The maximum Gasteiger partial charge on any atom is 0.246 e. The van der Waals surface area contributed by atoms with Crippen molar-refractivity contribution in [1.29, 1.82) is 0 Å². The predicted molar refractivity (Wildman–Crippen MR) is 128 cm³/mol. The summed E-state index contributed by atoms with van der Waals surface area (Å²) in [5.74, 6) is 1.05. The summed E-state index contributed by atoms with van der Waals surface area (Å²) in [7, 11) is 1.98. The summed E-state index contributed by atoms with van der Waals surface area (Å²) in [6.07, 6.45) is 3.00. The number of aromatic amines is 1. The third kappa shape index (κ3) is 4.85. The molecule has 0 amide bonds. The van der Waals surface area contributed by atoms with E-state index >= 15 is 0 Å². The SMILES string of the molecule is Cc1cc([C@H]2CN(C3CCN(c4n[nH]c(N)n4)CC3)[C@@H](Cc3ccc(Cl)cc3)CO2)nn1C. The number of piperidine rings is 1. The summed E-state index contributed by atoms with van der Waals surface area (Å²) in [5.41, 5.74) is 9.15. The zero-order valence-corrected chi connectivity index (χ0v) is 19.9. The smallest absolute Gasteiger partial charge is 0.246 e. The van der Waals surface area contributed by atoms with E-state index in [9.17, 15) is 0 Å². The minimum atomic E-state index is -0.0165. The highest BCUT2D eigenvalue weighted by atomic mass is 35.5. The molecule has 3 aromatic rings. The molecule has 176 valence electrons. The van der Waals surface area contributed by atoms with E-state index in [0.29, 0.717) is 30.6 Å². The van der Waals surface area contributed by atoms with E-state index in [1.165, 1.54) is 5.56 Å². The van der Waals surface area contributed by atoms with Crippen molar-refractivity contribution in [2.24, 2.45) is 7.05 Å². The molecule has 9 nitrogen and oxygen atoms in total. The number of H-pyrrole nitrogens is 1. The fourth-order valence-electron chi connectivity index (χ4n) is 4.96. The Morgan fingerprint density at radius 1 is 1.21 bits per heavy atom. The normalized spacial score (nSPS) is 22.7. The van der Waals surface area contributed by atoms with E-state index in [-0.39, 0.29) is 6.10 Å². The Labute approximate surface area is 198 Å². The summed E-state index contributed by atoms with van der Waals surface area (Å²) in [6, 6.07) is 11.1. The molecule has 2 aromatic heterocycles. The first-order valence-corrected chi connectivity index (χ1v) is 11.9. The molecule has 2 aliphatic rings. The Hall–Kier alpha value is -2.62. The predicted octanol–water partition coefficient (Wildman–Crippen LogP) is 2.74. The van der Waals surface area contributed by atoms with E-state index < -0.39 is 0 Å². The van der Waals surface area contributed by atoms with E-state index in [4.69, 9.17) is 27.2 Å². The van der Waals surface area contributed by atoms with Crippen LogP contribution in [0.25, 0.3) is 0 Å². The molecule has 2 fully saturated rings. The molecule has 0 bridgehead atoms. The van der Waals surface area contributed by atoms with Gasteiger partial charge in [-0.15, -0.1) is 5.10 Å². The average Bonchev–Trinajstić information content (AvgIpc) is 3.41. The van der Waals surface area contributed by atoms with Crippen molar-refractivity contribution in [2.45, 2.75) is 44.4 Å². The molecule has 0 radical (unpaired) electrons. The van der Waals surface area contributed by atoms with Crippen LogP contribution in [-0.2, 0) is 18.2 Å². The van der Waals surface area contributed by atoms with Crippen molar-refractivity contribution in [3.63, 3.8) is 0 Å². The van der Waals surface area contributed by atoms with E-state index in [1.807, 2.05) is 23.9 Å². The molecule has 4 heterocycles. The summed E-state index contributed by atoms with van der Waals surface area (Å²) < 4.78 is 8.28. The number of nitrogens with two attached hydrogens (primary N) is 1. The van der Waals surface area contributed by atoms with Gasteiger partial charge in [0.25, 0.3) is 0 Å². The Bertz CT molecular complexity index is 1050. The number of rotatable bonds is 5. The second-order valence-corrected chi connectivity index (χ2v) is 9.51. The molecular formula is C23H31ClN8O. The monoisotopic (exact) mass is 470 g/mol. The third-order valence-corrected chi connectivity index (χ3v) is 7.14. The van der Waals surface area contributed by atoms with Gasteiger partial charge in [-0.05, 0) is 49.9 Å². The van der Waals surface area contributed by atoms with Crippen LogP contribution in [0, 0.1) is 6.92 Å². The molecular weight excluding hydrogens is 440 g/mol. The number of aryl methyl sites for hydroxylation is 2. The van der Waals surface area contributed by atoms with Gasteiger partial charge in [0, 0.05) is 49.5 Å². The average molecular weight is 471 g/mol.